The molecule has 0 aliphatic carbocycles. The number of aryl methyl sites for hydroxylation is 1. The van der Waals surface area contributed by atoms with E-state index in [9.17, 15) is 4.79 Å². The molecule has 2 aromatic heterocycles. The Bertz CT molecular complexity index is 551. The summed E-state index contributed by atoms with van der Waals surface area (Å²) in [6.45, 7) is 4.88. The Balaban J connectivity index is 1.81. The van der Waals surface area contributed by atoms with E-state index in [4.69, 9.17) is 4.74 Å². The molecular weight excluding hydrogens is 282 g/mol. The molecule has 2 rings (SSSR count). The summed E-state index contributed by atoms with van der Waals surface area (Å²) in [6.07, 6.45) is 0.846. The van der Waals surface area contributed by atoms with Crippen LogP contribution in [-0.2, 0) is 11.2 Å². The van der Waals surface area contributed by atoms with E-state index < -0.39 is 0 Å². The summed E-state index contributed by atoms with van der Waals surface area (Å²) in [7, 11) is 0. The molecule has 0 radical (unpaired) electrons. The third kappa shape index (κ3) is 4.00. The lowest BCUT2D eigenvalue weighted by atomic mass is 10.3. The van der Waals surface area contributed by atoms with Crippen molar-refractivity contribution < 1.29 is 9.53 Å². The fraction of sp³-hybridized carbons (Fsp3) is 0.417. The molecule has 1 N–H and O–H groups in total. The summed E-state index contributed by atoms with van der Waals surface area (Å²) in [5.74, 6) is -0.373. The predicted octanol–water partition coefficient (Wildman–Crippen LogP) is 2.74. The summed E-state index contributed by atoms with van der Waals surface area (Å²) in [6, 6.07) is 0. The lowest BCUT2D eigenvalue weighted by molar-refractivity contribution is 0.0520. The van der Waals surface area contributed by atoms with Crippen LogP contribution in [0.3, 0.4) is 0 Å². The number of carbonyl (C=O) groups is 1. The summed E-state index contributed by atoms with van der Waals surface area (Å²) < 4.78 is 4.89. The predicted molar refractivity (Wildman–Crippen MR) is 77.1 cm³/mol. The summed E-state index contributed by atoms with van der Waals surface area (Å²) >= 11 is 3.05. The van der Waals surface area contributed by atoms with Crippen LogP contribution >= 0.6 is 22.7 Å². The molecular formula is C12H15N3O2S2. The van der Waals surface area contributed by atoms with Crippen molar-refractivity contribution in [3.05, 3.63) is 27.2 Å². The van der Waals surface area contributed by atoms with E-state index in [1.54, 1.807) is 23.6 Å². The van der Waals surface area contributed by atoms with Gasteiger partial charge in [0, 0.05) is 23.7 Å². The number of thiazole rings is 2. The molecule has 7 heteroatoms. The van der Waals surface area contributed by atoms with E-state index in [1.165, 1.54) is 11.3 Å². The monoisotopic (exact) mass is 297 g/mol. The van der Waals surface area contributed by atoms with Crippen molar-refractivity contribution in [2.24, 2.45) is 0 Å². The first-order valence-corrected chi connectivity index (χ1v) is 7.72. The van der Waals surface area contributed by atoms with Crippen molar-refractivity contribution >= 4 is 33.8 Å². The first kappa shape index (κ1) is 14.0. The van der Waals surface area contributed by atoms with Gasteiger partial charge in [-0.15, -0.1) is 22.7 Å². The average Bonchev–Trinajstić information content (AvgIpc) is 2.99. The molecule has 0 spiro atoms. The Morgan fingerprint density at radius 3 is 2.89 bits per heavy atom. The maximum atomic E-state index is 11.4. The van der Waals surface area contributed by atoms with Gasteiger partial charge in [0.2, 0.25) is 0 Å². The summed E-state index contributed by atoms with van der Waals surface area (Å²) in [5, 5.41) is 8.75. The molecule has 102 valence electrons. The van der Waals surface area contributed by atoms with Crippen LogP contribution in [0.5, 0.6) is 0 Å². The molecule has 2 heterocycles. The molecule has 0 fully saturated rings. The number of nitrogens with one attached hydrogen (secondary N) is 1. The maximum absolute atomic E-state index is 11.4. The Morgan fingerprint density at radius 2 is 2.21 bits per heavy atom. The standard InChI is InChI=1S/C12H15N3O2S2/c1-3-17-11(16)10-7-19-12(15-10)13-5-4-9-6-18-8(2)14-9/h6-7H,3-5H2,1-2H3,(H,13,15). The Morgan fingerprint density at radius 1 is 1.37 bits per heavy atom. The molecule has 5 nitrogen and oxygen atoms in total. The van der Waals surface area contributed by atoms with Crippen molar-refractivity contribution in [3.8, 4) is 0 Å². The molecule has 19 heavy (non-hydrogen) atoms. The largest absolute Gasteiger partial charge is 0.461 e. The highest BCUT2D eigenvalue weighted by atomic mass is 32.1. The molecule has 0 aliphatic heterocycles. The number of hydrogen-bond donors (Lipinski definition) is 1. The molecule has 0 amide bonds. The van der Waals surface area contributed by atoms with E-state index in [0.29, 0.717) is 12.3 Å². The van der Waals surface area contributed by atoms with Crippen LogP contribution in [0.4, 0.5) is 5.13 Å². The quantitative estimate of drug-likeness (QED) is 0.831. The van der Waals surface area contributed by atoms with E-state index in [-0.39, 0.29) is 5.97 Å². The molecule has 0 bridgehead atoms. The van der Waals surface area contributed by atoms with Gasteiger partial charge in [0.15, 0.2) is 10.8 Å². The van der Waals surface area contributed by atoms with Crippen molar-refractivity contribution in [1.82, 2.24) is 9.97 Å². The number of carbonyl (C=O) groups excluding carboxylic acids is 1. The number of anilines is 1. The number of nitrogens with zero attached hydrogens (tertiary/aromatic N) is 2. The number of esters is 1. The second-order valence-corrected chi connectivity index (χ2v) is 5.71. The maximum Gasteiger partial charge on any atom is 0.357 e. The molecule has 0 aromatic carbocycles. The van der Waals surface area contributed by atoms with Gasteiger partial charge in [-0.05, 0) is 13.8 Å². The van der Waals surface area contributed by atoms with Gasteiger partial charge in [0.1, 0.15) is 0 Å². The van der Waals surface area contributed by atoms with Gasteiger partial charge in [-0.25, -0.2) is 14.8 Å². The Hall–Kier alpha value is -1.47. The number of rotatable bonds is 6. The second kappa shape index (κ2) is 6.63. The van der Waals surface area contributed by atoms with E-state index in [1.807, 2.05) is 6.92 Å². The minimum absolute atomic E-state index is 0.360. The van der Waals surface area contributed by atoms with Gasteiger partial charge in [-0.1, -0.05) is 0 Å². The average molecular weight is 297 g/mol. The van der Waals surface area contributed by atoms with Crippen LogP contribution in [0.2, 0.25) is 0 Å². The highest BCUT2D eigenvalue weighted by Crippen LogP contribution is 2.16. The van der Waals surface area contributed by atoms with Crippen LogP contribution in [0.15, 0.2) is 10.8 Å². The third-order valence-electron chi connectivity index (χ3n) is 2.31. The topological polar surface area (TPSA) is 64.1 Å². The lowest BCUT2D eigenvalue weighted by Crippen LogP contribution is -2.07. The smallest absolute Gasteiger partial charge is 0.357 e. The van der Waals surface area contributed by atoms with Crippen molar-refractivity contribution in [2.75, 3.05) is 18.5 Å². The minimum Gasteiger partial charge on any atom is -0.461 e. The molecule has 0 saturated heterocycles. The SMILES string of the molecule is CCOC(=O)c1csc(NCCc2csc(C)n2)n1. The first-order chi connectivity index (χ1) is 9.19. The van der Waals surface area contributed by atoms with E-state index >= 15 is 0 Å². The van der Waals surface area contributed by atoms with Crippen molar-refractivity contribution in [3.63, 3.8) is 0 Å². The van der Waals surface area contributed by atoms with Crippen molar-refractivity contribution in [1.29, 1.82) is 0 Å². The van der Waals surface area contributed by atoms with Crippen LogP contribution in [0.25, 0.3) is 0 Å². The zero-order valence-corrected chi connectivity index (χ0v) is 12.4. The highest BCUT2D eigenvalue weighted by Gasteiger charge is 2.11. The van der Waals surface area contributed by atoms with Gasteiger partial charge < -0.3 is 10.1 Å². The highest BCUT2D eigenvalue weighted by molar-refractivity contribution is 7.13. The van der Waals surface area contributed by atoms with Crippen LogP contribution in [0, 0.1) is 6.92 Å². The normalized spacial score (nSPS) is 10.4. The Labute approximate surface area is 119 Å². The zero-order valence-electron chi connectivity index (χ0n) is 10.8. The van der Waals surface area contributed by atoms with Gasteiger partial charge >= 0.3 is 5.97 Å². The molecule has 0 saturated carbocycles. The molecule has 0 atom stereocenters. The van der Waals surface area contributed by atoms with Crippen LogP contribution in [0.1, 0.15) is 28.1 Å². The summed E-state index contributed by atoms with van der Waals surface area (Å²) in [4.78, 5) is 20.0. The third-order valence-corrected chi connectivity index (χ3v) is 3.94. The fourth-order valence-corrected chi connectivity index (χ4v) is 2.83. The Kier molecular flexibility index (Phi) is 4.86. The molecule has 0 unspecified atom stereocenters. The minimum atomic E-state index is -0.373. The molecule has 0 aliphatic rings. The van der Waals surface area contributed by atoms with E-state index in [2.05, 4.69) is 20.7 Å². The number of ether oxygens (including phenoxy) is 1. The van der Waals surface area contributed by atoms with Gasteiger partial charge in [0.25, 0.3) is 0 Å². The van der Waals surface area contributed by atoms with E-state index in [0.717, 1.165) is 28.8 Å². The van der Waals surface area contributed by atoms with Gasteiger partial charge in [-0.3, -0.25) is 0 Å². The lowest BCUT2D eigenvalue weighted by Gasteiger charge is -2.00. The second-order valence-electron chi connectivity index (χ2n) is 3.79. The van der Waals surface area contributed by atoms with Gasteiger partial charge in [0.05, 0.1) is 17.3 Å². The van der Waals surface area contributed by atoms with Crippen molar-refractivity contribution in [2.45, 2.75) is 20.3 Å². The number of aromatic nitrogens is 2. The summed E-state index contributed by atoms with van der Waals surface area (Å²) in [5.41, 5.74) is 1.44. The fourth-order valence-electron chi connectivity index (χ4n) is 1.47. The molecule has 2 aromatic rings. The van der Waals surface area contributed by atoms with Crippen LogP contribution < -0.4 is 5.32 Å². The van der Waals surface area contributed by atoms with Crippen LogP contribution in [-0.4, -0.2) is 29.1 Å². The van der Waals surface area contributed by atoms with Gasteiger partial charge in [-0.2, -0.15) is 0 Å². The zero-order chi connectivity index (χ0) is 13.7. The first-order valence-electron chi connectivity index (χ1n) is 5.96. The number of hydrogen-bond acceptors (Lipinski definition) is 7.